The molecule has 0 saturated heterocycles. The maximum Gasteiger partial charge on any atom is 0.0355 e. The maximum atomic E-state index is 2.44. The standard InChI is InChI=1S/C22H28S/c1-3-5-7-9-17-11-13-21-19(15-17)20-16-18(10-8-6-4-2)12-14-22(20)23-21/h11-16H,3-10H2,1-2H3. The van der Waals surface area contributed by atoms with E-state index in [1.165, 1.54) is 82.7 Å². The third kappa shape index (κ3) is 3.95. The van der Waals surface area contributed by atoms with E-state index in [9.17, 15) is 0 Å². The van der Waals surface area contributed by atoms with Crippen LogP contribution in [0.4, 0.5) is 0 Å². The van der Waals surface area contributed by atoms with Gasteiger partial charge in [-0.2, -0.15) is 0 Å². The molecule has 0 atom stereocenters. The van der Waals surface area contributed by atoms with E-state index < -0.39 is 0 Å². The Balaban J connectivity index is 1.89. The molecule has 0 saturated carbocycles. The molecule has 0 radical (unpaired) electrons. The Kier molecular flexibility index (Phi) is 5.72. The van der Waals surface area contributed by atoms with Gasteiger partial charge in [0.15, 0.2) is 0 Å². The third-order valence-corrected chi connectivity index (χ3v) is 5.89. The Morgan fingerprint density at radius 1 is 0.652 bits per heavy atom. The number of unbranched alkanes of at least 4 members (excludes halogenated alkanes) is 4. The SMILES string of the molecule is CCCCCc1ccc2sc3ccc(CCCCC)cc3c2c1. The molecular weight excluding hydrogens is 296 g/mol. The van der Waals surface area contributed by atoms with Gasteiger partial charge in [0.25, 0.3) is 0 Å². The van der Waals surface area contributed by atoms with Gasteiger partial charge in [-0.05, 0) is 61.1 Å². The lowest BCUT2D eigenvalue weighted by Crippen LogP contribution is -1.86. The lowest BCUT2D eigenvalue weighted by atomic mass is 10.0. The molecule has 1 heterocycles. The van der Waals surface area contributed by atoms with Gasteiger partial charge in [-0.15, -0.1) is 11.3 Å². The second-order valence-electron chi connectivity index (χ2n) is 6.68. The molecule has 0 spiro atoms. The van der Waals surface area contributed by atoms with Crippen molar-refractivity contribution in [2.45, 2.75) is 65.2 Å². The van der Waals surface area contributed by atoms with Gasteiger partial charge in [0.2, 0.25) is 0 Å². The molecule has 0 N–H and O–H groups in total. The number of hydrogen-bond donors (Lipinski definition) is 0. The van der Waals surface area contributed by atoms with E-state index in [4.69, 9.17) is 0 Å². The molecule has 0 amide bonds. The lowest BCUT2D eigenvalue weighted by molar-refractivity contribution is 0.717. The normalized spacial score (nSPS) is 11.6. The van der Waals surface area contributed by atoms with Crippen molar-refractivity contribution in [1.82, 2.24) is 0 Å². The number of aryl methyl sites for hydroxylation is 2. The molecule has 3 aromatic rings. The molecule has 1 heteroatoms. The fourth-order valence-corrected chi connectivity index (χ4v) is 4.41. The van der Waals surface area contributed by atoms with E-state index in [1.54, 1.807) is 0 Å². The molecule has 0 bridgehead atoms. The summed E-state index contributed by atoms with van der Waals surface area (Å²) in [5.41, 5.74) is 3.00. The predicted octanol–water partition coefficient (Wildman–Crippen LogP) is 7.52. The summed E-state index contributed by atoms with van der Waals surface area (Å²) >= 11 is 1.94. The highest BCUT2D eigenvalue weighted by molar-refractivity contribution is 7.25. The van der Waals surface area contributed by atoms with E-state index in [0.717, 1.165) is 0 Å². The van der Waals surface area contributed by atoms with Crippen molar-refractivity contribution < 1.29 is 0 Å². The summed E-state index contributed by atoms with van der Waals surface area (Å²) in [5.74, 6) is 0. The van der Waals surface area contributed by atoms with Crippen LogP contribution in [0.1, 0.15) is 63.5 Å². The Bertz CT molecular complexity index is 702. The zero-order chi connectivity index (χ0) is 16.1. The number of hydrogen-bond acceptors (Lipinski definition) is 1. The Hall–Kier alpha value is -1.34. The van der Waals surface area contributed by atoms with E-state index in [2.05, 4.69) is 50.2 Å². The Morgan fingerprint density at radius 2 is 1.13 bits per heavy atom. The van der Waals surface area contributed by atoms with Crippen molar-refractivity contribution in [3.05, 3.63) is 47.5 Å². The molecule has 0 aliphatic heterocycles. The number of benzene rings is 2. The van der Waals surface area contributed by atoms with Crippen LogP contribution < -0.4 is 0 Å². The van der Waals surface area contributed by atoms with Crippen LogP contribution in [0.15, 0.2) is 36.4 Å². The maximum absolute atomic E-state index is 2.44. The zero-order valence-electron chi connectivity index (χ0n) is 14.5. The minimum Gasteiger partial charge on any atom is -0.135 e. The first-order valence-electron chi connectivity index (χ1n) is 9.26. The van der Waals surface area contributed by atoms with Crippen LogP contribution in [0.5, 0.6) is 0 Å². The molecule has 122 valence electrons. The van der Waals surface area contributed by atoms with Crippen molar-refractivity contribution in [2.75, 3.05) is 0 Å². The summed E-state index contributed by atoms with van der Waals surface area (Å²) in [5, 5.41) is 2.94. The van der Waals surface area contributed by atoms with Crippen LogP contribution in [0.25, 0.3) is 20.2 Å². The zero-order valence-corrected chi connectivity index (χ0v) is 15.3. The topological polar surface area (TPSA) is 0 Å². The summed E-state index contributed by atoms with van der Waals surface area (Å²) < 4.78 is 2.87. The van der Waals surface area contributed by atoms with Gasteiger partial charge in [0.1, 0.15) is 0 Å². The summed E-state index contributed by atoms with van der Waals surface area (Å²) in [6.45, 7) is 4.55. The van der Waals surface area contributed by atoms with Gasteiger partial charge in [0, 0.05) is 20.2 Å². The van der Waals surface area contributed by atoms with Crippen molar-refractivity contribution in [1.29, 1.82) is 0 Å². The monoisotopic (exact) mass is 324 g/mol. The first-order valence-corrected chi connectivity index (χ1v) is 10.1. The van der Waals surface area contributed by atoms with Crippen LogP contribution >= 0.6 is 11.3 Å². The van der Waals surface area contributed by atoms with Gasteiger partial charge in [-0.1, -0.05) is 51.7 Å². The summed E-state index contributed by atoms with van der Waals surface area (Å²) in [6.07, 6.45) is 10.3. The highest BCUT2D eigenvalue weighted by atomic mass is 32.1. The quantitative estimate of drug-likeness (QED) is 0.376. The highest BCUT2D eigenvalue weighted by Crippen LogP contribution is 2.35. The molecule has 23 heavy (non-hydrogen) atoms. The fourth-order valence-electron chi connectivity index (χ4n) is 3.34. The van der Waals surface area contributed by atoms with E-state index in [0.29, 0.717) is 0 Å². The first kappa shape index (κ1) is 16.5. The summed E-state index contributed by atoms with van der Waals surface area (Å²) in [4.78, 5) is 0. The third-order valence-electron chi connectivity index (χ3n) is 4.74. The molecule has 0 aliphatic rings. The van der Waals surface area contributed by atoms with Gasteiger partial charge in [0.05, 0.1) is 0 Å². The van der Waals surface area contributed by atoms with Crippen LogP contribution in [0, 0.1) is 0 Å². The van der Waals surface area contributed by atoms with Crippen molar-refractivity contribution in [2.24, 2.45) is 0 Å². The molecule has 2 aromatic carbocycles. The second-order valence-corrected chi connectivity index (χ2v) is 7.76. The number of fused-ring (bicyclic) bond motifs is 3. The highest BCUT2D eigenvalue weighted by Gasteiger charge is 2.07. The van der Waals surface area contributed by atoms with Crippen LogP contribution in [0.3, 0.4) is 0 Å². The van der Waals surface area contributed by atoms with Gasteiger partial charge in [-0.25, -0.2) is 0 Å². The molecule has 3 rings (SSSR count). The van der Waals surface area contributed by atoms with Crippen molar-refractivity contribution >= 4 is 31.5 Å². The predicted molar refractivity (Wildman–Crippen MR) is 106 cm³/mol. The smallest absolute Gasteiger partial charge is 0.0355 e. The average molecular weight is 325 g/mol. The van der Waals surface area contributed by atoms with Gasteiger partial charge in [-0.3, -0.25) is 0 Å². The average Bonchev–Trinajstić information content (AvgIpc) is 2.93. The number of rotatable bonds is 8. The minimum atomic E-state index is 1.22. The Morgan fingerprint density at radius 3 is 1.57 bits per heavy atom. The number of thiophene rings is 1. The molecule has 0 fully saturated rings. The lowest BCUT2D eigenvalue weighted by Gasteiger charge is -2.03. The molecular formula is C22H28S. The molecule has 0 unspecified atom stereocenters. The molecule has 0 nitrogen and oxygen atoms in total. The van der Waals surface area contributed by atoms with Crippen molar-refractivity contribution in [3.63, 3.8) is 0 Å². The van der Waals surface area contributed by atoms with Crippen LogP contribution in [-0.2, 0) is 12.8 Å². The second kappa shape index (κ2) is 7.97. The summed E-state index contributed by atoms with van der Waals surface area (Å²) in [6, 6.07) is 14.2. The van der Waals surface area contributed by atoms with Crippen LogP contribution in [0.2, 0.25) is 0 Å². The fraction of sp³-hybridized carbons (Fsp3) is 0.455. The van der Waals surface area contributed by atoms with Crippen molar-refractivity contribution in [3.8, 4) is 0 Å². The Labute approximate surface area is 144 Å². The largest absolute Gasteiger partial charge is 0.135 e. The van der Waals surface area contributed by atoms with Crippen LogP contribution in [-0.4, -0.2) is 0 Å². The van der Waals surface area contributed by atoms with E-state index in [1.807, 2.05) is 11.3 Å². The van der Waals surface area contributed by atoms with Gasteiger partial charge >= 0.3 is 0 Å². The van der Waals surface area contributed by atoms with Gasteiger partial charge < -0.3 is 0 Å². The van der Waals surface area contributed by atoms with E-state index in [-0.39, 0.29) is 0 Å². The summed E-state index contributed by atoms with van der Waals surface area (Å²) in [7, 11) is 0. The first-order chi connectivity index (χ1) is 11.3. The minimum absolute atomic E-state index is 1.22. The molecule has 0 aliphatic carbocycles. The van der Waals surface area contributed by atoms with E-state index >= 15 is 0 Å². The molecule has 1 aromatic heterocycles.